The first kappa shape index (κ1) is 7.62. The Kier molecular flexibility index (Phi) is 1.82. The molecule has 0 aliphatic carbocycles. The Labute approximate surface area is 62.6 Å². The second-order valence-corrected chi connectivity index (χ2v) is 2.08. The van der Waals surface area contributed by atoms with Crippen molar-refractivity contribution in [3.63, 3.8) is 0 Å². The Morgan fingerprint density at radius 3 is 2.73 bits per heavy atom. The topological polar surface area (TPSA) is 79.7 Å². The maximum Gasteiger partial charge on any atom is 0.251 e. The van der Waals surface area contributed by atoms with E-state index in [1.54, 1.807) is 0 Å². The fraction of sp³-hybridized carbons (Fsp3) is 0.167. The van der Waals surface area contributed by atoms with Crippen molar-refractivity contribution in [2.24, 2.45) is 5.84 Å². The van der Waals surface area contributed by atoms with Crippen LogP contribution in [0.1, 0.15) is 0 Å². The maximum atomic E-state index is 11.0. The van der Waals surface area contributed by atoms with E-state index in [9.17, 15) is 4.79 Å². The molecule has 1 aromatic rings. The lowest BCUT2D eigenvalue weighted by atomic mass is 10.4. The summed E-state index contributed by atoms with van der Waals surface area (Å²) < 4.78 is 4.61. The van der Waals surface area contributed by atoms with E-state index in [-0.39, 0.29) is 5.69 Å². The molecule has 1 aromatic heterocycles. The van der Waals surface area contributed by atoms with Gasteiger partial charge in [0.05, 0.1) is 0 Å². The molecule has 11 heavy (non-hydrogen) atoms. The second kappa shape index (κ2) is 2.63. The molecule has 5 heteroatoms. The average molecular weight is 156 g/mol. The molecule has 0 spiro atoms. The van der Waals surface area contributed by atoms with Gasteiger partial charge in [-0.05, 0) is 0 Å². The minimum Gasteiger partial charge on any atom is -0.502 e. The molecule has 0 unspecified atom stereocenters. The van der Waals surface area contributed by atoms with Crippen molar-refractivity contribution < 1.29 is 9.52 Å². The van der Waals surface area contributed by atoms with Crippen molar-refractivity contribution in [3.8, 4) is 5.75 Å². The first-order chi connectivity index (χ1) is 5.13. The highest BCUT2D eigenvalue weighted by atomic mass is 16.3. The summed E-state index contributed by atoms with van der Waals surface area (Å²) in [5.41, 5.74) is -0.425. The minimum absolute atomic E-state index is 0.116. The summed E-state index contributed by atoms with van der Waals surface area (Å²) in [5.74, 6) is 4.80. The quantitative estimate of drug-likeness (QED) is 0.429. The molecule has 0 fully saturated rings. The smallest absolute Gasteiger partial charge is 0.251 e. The SMILES string of the molecule is CN(N)c1cocc(O)c1=O. The summed E-state index contributed by atoms with van der Waals surface area (Å²) in [4.78, 5) is 11.0. The van der Waals surface area contributed by atoms with Crippen molar-refractivity contribution in [2.75, 3.05) is 12.1 Å². The van der Waals surface area contributed by atoms with Crippen molar-refractivity contribution in [1.82, 2.24) is 0 Å². The molecule has 0 bridgehead atoms. The molecule has 3 N–H and O–H groups in total. The van der Waals surface area contributed by atoms with Gasteiger partial charge in [-0.25, -0.2) is 5.84 Å². The lowest BCUT2D eigenvalue weighted by Gasteiger charge is -2.08. The van der Waals surface area contributed by atoms with Gasteiger partial charge in [0, 0.05) is 7.05 Å². The van der Waals surface area contributed by atoms with E-state index in [4.69, 9.17) is 10.9 Å². The van der Waals surface area contributed by atoms with E-state index in [0.717, 1.165) is 11.3 Å². The van der Waals surface area contributed by atoms with Gasteiger partial charge in [-0.2, -0.15) is 0 Å². The van der Waals surface area contributed by atoms with E-state index in [2.05, 4.69) is 4.42 Å². The van der Waals surface area contributed by atoms with Gasteiger partial charge in [0.25, 0.3) is 5.43 Å². The molecule has 1 heterocycles. The first-order valence-corrected chi connectivity index (χ1v) is 2.91. The van der Waals surface area contributed by atoms with Crippen LogP contribution in [-0.4, -0.2) is 12.2 Å². The summed E-state index contributed by atoms with van der Waals surface area (Å²) in [6.07, 6.45) is 2.12. The number of aromatic hydroxyl groups is 1. The Hall–Kier alpha value is -1.49. The van der Waals surface area contributed by atoms with Gasteiger partial charge < -0.3 is 14.5 Å². The number of nitrogens with zero attached hydrogens (tertiary/aromatic N) is 1. The van der Waals surface area contributed by atoms with Crippen LogP contribution in [0.2, 0.25) is 0 Å². The Balaban J connectivity index is 3.28. The van der Waals surface area contributed by atoms with Crippen LogP contribution in [0, 0.1) is 0 Å². The van der Waals surface area contributed by atoms with Crippen molar-refractivity contribution in [3.05, 3.63) is 22.7 Å². The van der Waals surface area contributed by atoms with Crippen molar-refractivity contribution in [2.45, 2.75) is 0 Å². The monoisotopic (exact) mass is 156 g/mol. The van der Waals surface area contributed by atoms with Crippen LogP contribution in [0.15, 0.2) is 21.7 Å². The standard InChI is InChI=1S/C6H8N2O3/c1-8(7)4-2-11-3-5(9)6(4)10/h2-3,9H,7H2,1H3. The largest absolute Gasteiger partial charge is 0.502 e. The number of hydrogen-bond acceptors (Lipinski definition) is 5. The van der Waals surface area contributed by atoms with E-state index >= 15 is 0 Å². The molecule has 0 amide bonds. The summed E-state index contributed by atoms with van der Waals surface area (Å²) in [5, 5.41) is 9.94. The fourth-order valence-electron chi connectivity index (χ4n) is 0.644. The molecule has 0 saturated heterocycles. The molecule has 0 saturated carbocycles. The summed E-state index contributed by atoms with van der Waals surface area (Å²) in [6.45, 7) is 0. The highest BCUT2D eigenvalue weighted by Crippen LogP contribution is 2.07. The van der Waals surface area contributed by atoms with Gasteiger partial charge >= 0.3 is 0 Å². The normalized spacial score (nSPS) is 9.64. The molecule has 1 rings (SSSR count). The highest BCUT2D eigenvalue weighted by Gasteiger charge is 2.06. The lowest BCUT2D eigenvalue weighted by molar-refractivity contribution is 0.429. The van der Waals surface area contributed by atoms with Gasteiger partial charge in [0.2, 0.25) is 5.75 Å². The molecule has 5 nitrogen and oxygen atoms in total. The van der Waals surface area contributed by atoms with E-state index in [0.29, 0.717) is 0 Å². The van der Waals surface area contributed by atoms with E-state index in [1.165, 1.54) is 13.3 Å². The van der Waals surface area contributed by atoms with Crippen LogP contribution in [0.25, 0.3) is 0 Å². The van der Waals surface area contributed by atoms with Crippen LogP contribution in [-0.2, 0) is 0 Å². The number of hydrazine groups is 1. The summed E-state index contributed by atoms with van der Waals surface area (Å²) >= 11 is 0. The average Bonchev–Trinajstić information content (AvgIpc) is 1.94. The van der Waals surface area contributed by atoms with Gasteiger partial charge in [-0.15, -0.1) is 0 Å². The van der Waals surface area contributed by atoms with E-state index in [1.807, 2.05) is 0 Å². The predicted molar refractivity (Wildman–Crippen MR) is 39.2 cm³/mol. The Morgan fingerprint density at radius 1 is 1.64 bits per heavy atom. The van der Waals surface area contributed by atoms with Gasteiger partial charge in [0.15, 0.2) is 0 Å². The zero-order valence-electron chi connectivity index (χ0n) is 5.94. The van der Waals surface area contributed by atoms with E-state index < -0.39 is 11.2 Å². The van der Waals surface area contributed by atoms with Crippen LogP contribution >= 0.6 is 0 Å². The summed E-state index contributed by atoms with van der Waals surface area (Å²) in [6, 6.07) is 0. The third-order valence-electron chi connectivity index (χ3n) is 1.20. The molecule has 60 valence electrons. The number of hydrogen-bond donors (Lipinski definition) is 2. The minimum atomic E-state index is -0.541. The van der Waals surface area contributed by atoms with Gasteiger partial charge in [-0.3, -0.25) is 4.79 Å². The van der Waals surface area contributed by atoms with Gasteiger partial charge in [0.1, 0.15) is 18.2 Å². The molecule has 0 atom stereocenters. The molecule has 0 aliphatic heterocycles. The predicted octanol–water partition coefficient (Wildman–Crippen LogP) is -0.345. The van der Waals surface area contributed by atoms with Gasteiger partial charge in [-0.1, -0.05) is 0 Å². The third-order valence-corrected chi connectivity index (χ3v) is 1.20. The van der Waals surface area contributed by atoms with Crippen LogP contribution in [0.5, 0.6) is 5.75 Å². The van der Waals surface area contributed by atoms with Crippen molar-refractivity contribution >= 4 is 5.69 Å². The fourth-order valence-corrected chi connectivity index (χ4v) is 0.644. The zero-order chi connectivity index (χ0) is 8.43. The first-order valence-electron chi connectivity index (χ1n) is 2.91. The molecular weight excluding hydrogens is 148 g/mol. The number of nitrogens with two attached hydrogens (primary N) is 1. The number of anilines is 1. The van der Waals surface area contributed by atoms with Crippen LogP contribution < -0.4 is 16.3 Å². The maximum absolute atomic E-state index is 11.0. The summed E-state index contributed by atoms with van der Waals surface area (Å²) in [7, 11) is 1.48. The van der Waals surface area contributed by atoms with Crippen molar-refractivity contribution in [1.29, 1.82) is 0 Å². The molecular formula is C6H8N2O3. The Bertz CT molecular complexity index is 305. The zero-order valence-corrected chi connectivity index (χ0v) is 5.94. The molecule has 0 aliphatic rings. The third kappa shape index (κ3) is 1.32. The molecule has 0 aromatic carbocycles. The second-order valence-electron chi connectivity index (χ2n) is 2.08. The number of rotatable bonds is 1. The highest BCUT2D eigenvalue weighted by molar-refractivity contribution is 5.44. The lowest BCUT2D eigenvalue weighted by Crippen LogP contribution is -2.29. The molecule has 0 radical (unpaired) electrons. The van der Waals surface area contributed by atoms with Crippen LogP contribution in [0.3, 0.4) is 0 Å². The Morgan fingerprint density at radius 2 is 2.27 bits per heavy atom. The van der Waals surface area contributed by atoms with Crippen LogP contribution in [0.4, 0.5) is 5.69 Å².